The number of aryl methyl sites for hydroxylation is 1. The summed E-state index contributed by atoms with van der Waals surface area (Å²) in [5.41, 5.74) is 1.37. The molecule has 0 amide bonds. The first-order valence-electron chi connectivity index (χ1n) is 6.09. The molecule has 1 N–H and O–H groups in total. The van der Waals surface area contributed by atoms with Crippen molar-refractivity contribution < 1.29 is 8.78 Å². The van der Waals surface area contributed by atoms with Gasteiger partial charge in [0.05, 0.1) is 11.7 Å². The molecule has 5 heteroatoms. The zero-order chi connectivity index (χ0) is 13.8. The minimum absolute atomic E-state index is 0.276. The largest absolute Gasteiger partial charge is 0.305 e. The Labute approximate surface area is 110 Å². The number of benzene rings is 1. The van der Waals surface area contributed by atoms with Crippen LogP contribution in [0.15, 0.2) is 30.5 Å². The number of aromatic nitrogens is 2. The maximum Gasteiger partial charge on any atom is 0.159 e. The monoisotopic (exact) mass is 263 g/mol. The van der Waals surface area contributed by atoms with E-state index in [9.17, 15) is 8.78 Å². The van der Waals surface area contributed by atoms with Crippen molar-refractivity contribution in [1.82, 2.24) is 15.3 Å². The maximum atomic E-state index is 13.3. The SMILES string of the molecule is CCNC(c1ccc(F)c(F)c1)c1ccnc(C)n1. The van der Waals surface area contributed by atoms with Crippen molar-refractivity contribution in [3.05, 3.63) is 59.2 Å². The predicted octanol–water partition coefficient (Wildman–Crippen LogP) is 2.76. The summed E-state index contributed by atoms with van der Waals surface area (Å²) in [5, 5.41) is 3.21. The van der Waals surface area contributed by atoms with Gasteiger partial charge in [-0.25, -0.2) is 18.7 Å². The Kier molecular flexibility index (Phi) is 4.16. The molecular formula is C14H15F2N3. The fourth-order valence-corrected chi connectivity index (χ4v) is 1.92. The lowest BCUT2D eigenvalue weighted by atomic mass is 10.0. The van der Waals surface area contributed by atoms with Crippen LogP contribution in [0.2, 0.25) is 0 Å². The zero-order valence-electron chi connectivity index (χ0n) is 10.8. The molecular weight excluding hydrogens is 248 g/mol. The van der Waals surface area contributed by atoms with E-state index in [0.29, 0.717) is 17.9 Å². The van der Waals surface area contributed by atoms with Crippen molar-refractivity contribution in [3.8, 4) is 0 Å². The van der Waals surface area contributed by atoms with Crippen molar-refractivity contribution in [2.75, 3.05) is 6.54 Å². The molecule has 0 aliphatic rings. The third-order valence-corrected chi connectivity index (χ3v) is 2.78. The van der Waals surface area contributed by atoms with Gasteiger partial charge in [-0.2, -0.15) is 0 Å². The number of hydrogen-bond acceptors (Lipinski definition) is 3. The molecule has 1 atom stereocenters. The molecule has 1 unspecified atom stereocenters. The van der Waals surface area contributed by atoms with Crippen LogP contribution in [0.3, 0.4) is 0 Å². The smallest absolute Gasteiger partial charge is 0.159 e. The van der Waals surface area contributed by atoms with Crippen LogP contribution < -0.4 is 5.32 Å². The Balaban J connectivity index is 2.42. The Morgan fingerprint density at radius 3 is 2.63 bits per heavy atom. The van der Waals surface area contributed by atoms with Crippen LogP contribution in [0.4, 0.5) is 8.78 Å². The highest BCUT2D eigenvalue weighted by atomic mass is 19.2. The van der Waals surface area contributed by atoms with Crippen molar-refractivity contribution in [3.63, 3.8) is 0 Å². The maximum absolute atomic E-state index is 13.3. The van der Waals surface area contributed by atoms with Crippen LogP contribution in [0.5, 0.6) is 0 Å². The molecule has 2 aromatic rings. The first kappa shape index (κ1) is 13.5. The third kappa shape index (κ3) is 3.12. The third-order valence-electron chi connectivity index (χ3n) is 2.78. The van der Waals surface area contributed by atoms with Gasteiger partial charge in [-0.3, -0.25) is 0 Å². The summed E-state index contributed by atoms with van der Waals surface area (Å²) < 4.78 is 26.3. The molecule has 0 radical (unpaired) electrons. The predicted molar refractivity (Wildman–Crippen MR) is 68.6 cm³/mol. The lowest BCUT2D eigenvalue weighted by Gasteiger charge is -2.18. The fourth-order valence-electron chi connectivity index (χ4n) is 1.92. The summed E-state index contributed by atoms with van der Waals surface area (Å²) in [6, 6.07) is 5.37. The van der Waals surface area contributed by atoms with E-state index in [2.05, 4.69) is 15.3 Å². The molecule has 0 bridgehead atoms. The van der Waals surface area contributed by atoms with E-state index in [0.717, 1.165) is 11.8 Å². The molecule has 0 saturated carbocycles. The number of halogens is 2. The van der Waals surface area contributed by atoms with Crippen molar-refractivity contribution in [2.45, 2.75) is 19.9 Å². The number of hydrogen-bond donors (Lipinski definition) is 1. The summed E-state index contributed by atoms with van der Waals surface area (Å²) in [4.78, 5) is 8.37. The minimum atomic E-state index is -0.855. The summed E-state index contributed by atoms with van der Waals surface area (Å²) in [7, 11) is 0. The summed E-state index contributed by atoms with van der Waals surface area (Å²) in [6.07, 6.45) is 1.65. The molecule has 3 nitrogen and oxygen atoms in total. The average molecular weight is 263 g/mol. The van der Waals surface area contributed by atoms with Crippen molar-refractivity contribution >= 4 is 0 Å². The second kappa shape index (κ2) is 5.84. The van der Waals surface area contributed by atoms with Gasteiger partial charge < -0.3 is 5.32 Å². The van der Waals surface area contributed by atoms with Gasteiger partial charge in [-0.05, 0) is 37.2 Å². The summed E-state index contributed by atoms with van der Waals surface area (Å²) in [5.74, 6) is -1.06. The first-order valence-corrected chi connectivity index (χ1v) is 6.09. The lowest BCUT2D eigenvalue weighted by molar-refractivity contribution is 0.503. The quantitative estimate of drug-likeness (QED) is 0.921. The second-order valence-electron chi connectivity index (χ2n) is 4.19. The second-order valence-corrected chi connectivity index (χ2v) is 4.19. The van der Waals surface area contributed by atoms with Gasteiger partial charge in [0.1, 0.15) is 5.82 Å². The number of rotatable bonds is 4. The minimum Gasteiger partial charge on any atom is -0.305 e. The van der Waals surface area contributed by atoms with E-state index in [4.69, 9.17) is 0 Å². The molecule has 0 spiro atoms. The highest BCUT2D eigenvalue weighted by Gasteiger charge is 2.16. The zero-order valence-corrected chi connectivity index (χ0v) is 10.8. The number of nitrogens with zero attached hydrogens (tertiary/aromatic N) is 2. The van der Waals surface area contributed by atoms with Crippen LogP contribution >= 0.6 is 0 Å². The van der Waals surface area contributed by atoms with Gasteiger partial charge in [-0.1, -0.05) is 13.0 Å². The van der Waals surface area contributed by atoms with Gasteiger partial charge in [0.25, 0.3) is 0 Å². The summed E-state index contributed by atoms with van der Waals surface area (Å²) in [6.45, 7) is 4.42. The highest BCUT2D eigenvalue weighted by molar-refractivity contribution is 5.28. The van der Waals surface area contributed by atoms with Crippen LogP contribution in [-0.4, -0.2) is 16.5 Å². The molecule has 0 aliphatic heterocycles. The van der Waals surface area contributed by atoms with E-state index >= 15 is 0 Å². The topological polar surface area (TPSA) is 37.8 Å². The number of nitrogens with one attached hydrogen (secondary N) is 1. The molecule has 0 saturated heterocycles. The van der Waals surface area contributed by atoms with Gasteiger partial charge in [0.15, 0.2) is 11.6 Å². The van der Waals surface area contributed by atoms with Crippen LogP contribution in [0, 0.1) is 18.6 Å². The Hall–Kier alpha value is -1.88. The molecule has 1 aromatic heterocycles. The Bertz CT molecular complexity index is 572. The van der Waals surface area contributed by atoms with Gasteiger partial charge in [-0.15, -0.1) is 0 Å². The molecule has 0 fully saturated rings. The fraction of sp³-hybridized carbons (Fsp3) is 0.286. The normalized spacial score (nSPS) is 12.4. The standard InChI is InChI=1S/C14H15F2N3/c1-3-17-14(13-6-7-18-9(2)19-13)10-4-5-11(15)12(16)8-10/h4-8,14,17H,3H2,1-2H3. The van der Waals surface area contributed by atoms with Crippen molar-refractivity contribution in [2.24, 2.45) is 0 Å². The lowest BCUT2D eigenvalue weighted by Crippen LogP contribution is -2.23. The molecule has 0 aliphatic carbocycles. The van der Waals surface area contributed by atoms with E-state index in [1.165, 1.54) is 6.07 Å². The molecule has 1 aromatic carbocycles. The van der Waals surface area contributed by atoms with Crippen molar-refractivity contribution in [1.29, 1.82) is 0 Å². The molecule has 100 valence electrons. The van der Waals surface area contributed by atoms with Gasteiger partial charge in [0, 0.05) is 6.20 Å². The van der Waals surface area contributed by atoms with Gasteiger partial charge in [0.2, 0.25) is 0 Å². The average Bonchev–Trinajstić information content (AvgIpc) is 2.39. The molecule has 1 heterocycles. The van der Waals surface area contributed by atoms with E-state index in [1.54, 1.807) is 25.3 Å². The van der Waals surface area contributed by atoms with E-state index < -0.39 is 11.6 Å². The highest BCUT2D eigenvalue weighted by Crippen LogP contribution is 2.22. The van der Waals surface area contributed by atoms with Gasteiger partial charge >= 0.3 is 0 Å². The Morgan fingerprint density at radius 2 is 2.00 bits per heavy atom. The van der Waals surface area contributed by atoms with E-state index in [1.807, 2.05) is 6.92 Å². The first-order chi connectivity index (χ1) is 9.11. The molecule has 19 heavy (non-hydrogen) atoms. The van der Waals surface area contributed by atoms with Crippen LogP contribution in [0.1, 0.15) is 30.0 Å². The summed E-state index contributed by atoms with van der Waals surface area (Å²) >= 11 is 0. The van der Waals surface area contributed by atoms with E-state index in [-0.39, 0.29) is 6.04 Å². The van der Waals surface area contributed by atoms with Crippen LogP contribution in [-0.2, 0) is 0 Å². The van der Waals surface area contributed by atoms with Crippen LogP contribution in [0.25, 0.3) is 0 Å². The molecule has 2 rings (SSSR count). The Morgan fingerprint density at radius 1 is 1.21 bits per heavy atom.